The molecule has 1 rings (SSSR count). The van der Waals surface area contributed by atoms with Crippen LogP contribution in [0.15, 0.2) is 24.3 Å². The number of rotatable bonds is 0. The Labute approximate surface area is 45.7 Å². The van der Waals surface area contributed by atoms with Crippen molar-refractivity contribution in [2.75, 3.05) is 0 Å². The summed E-state index contributed by atoms with van der Waals surface area (Å²) in [5, 5.41) is 0. The van der Waals surface area contributed by atoms with E-state index in [4.69, 9.17) is 0 Å². The molecule has 0 aromatic heterocycles. The van der Waals surface area contributed by atoms with Gasteiger partial charge in [-0.2, -0.15) is 0 Å². The zero-order chi connectivity index (χ0) is 4.41. The van der Waals surface area contributed by atoms with Crippen LogP contribution in [0.1, 0.15) is 0 Å². The van der Waals surface area contributed by atoms with E-state index < -0.39 is 0 Å². The van der Waals surface area contributed by atoms with Gasteiger partial charge in [0.1, 0.15) is 0 Å². The second-order valence-electron chi connectivity index (χ2n) is 1.20. The normalized spacial score (nSPS) is 20.2. The van der Waals surface area contributed by atoms with Gasteiger partial charge in [0, 0.05) is 0 Å². The number of hydrogen-bond donors (Lipinski definition) is 0. The summed E-state index contributed by atoms with van der Waals surface area (Å²) in [5.41, 5.74) is 0. The van der Waals surface area contributed by atoms with E-state index in [1.165, 1.54) is 0 Å². The van der Waals surface area contributed by atoms with Crippen LogP contribution < -0.4 is 0 Å². The molecule has 0 fully saturated rings. The first-order valence-electron chi connectivity index (χ1n) is 1.87. The average Bonchev–Trinajstić information content (AvgIpc) is 1.86. The van der Waals surface area contributed by atoms with Gasteiger partial charge in [0.05, 0.1) is 0 Å². The molecule has 0 aromatic rings. The predicted octanol–water partition coefficient (Wildman–Crippen LogP) is 1.45. The minimum atomic E-state index is 0.435. The Morgan fingerprint density at radius 3 is 1.83 bits per heavy atom. The summed E-state index contributed by atoms with van der Waals surface area (Å²) in [5.74, 6) is 0. The van der Waals surface area contributed by atoms with Crippen LogP contribution in [0.4, 0.5) is 0 Å². The Kier molecular flexibility index (Phi) is 1.13. The second kappa shape index (κ2) is 1.63. The molecule has 0 radical (unpaired) electrons. The van der Waals surface area contributed by atoms with Crippen LogP contribution in [0.5, 0.6) is 0 Å². The van der Waals surface area contributed by atoms with Crippen LogP contribution in [-0.4, -0.2) is 0 Å². The summed E-state index contributed by atoms with van der Waals surface area (Å²) < 4.78 is 0. The van der Waals surface area contributed by atoms with E-state index in [0.29, 0.717) is 4.82 Å². The van der Waals surface area contributed by atoms with Crippen molar-refractivity contribution in [3.63, 3.8) is 0 Å². The first kappa shape index (κ1) is 4.17. The van der Waals surface area contributed by atoms with E-state index in [0.717, 1.165) is 0 Å². The first-order valence-corrected chi connectivity index (χ1v) is 2.51. The number of hydrogen-bond acceptors (Lipinski definition) is 0. The van der Waals surface area contributed by atoms with Gasteiger partial charge in [0.2, 0.25) is 0 Å². The van der Waals surface area contributed by atoms with Crippen molar-refractivity contribution in [2.24, 2.45) is 0 Å². The summed E-state index contributed by atoms with van der Waals surface area (Å²) in [6.07, 6.45) is 8.13. The molecule has 6 heavy (non-hydrogen) atoms. The van der Waals surface area contributed by atoms with Gasteiger partial charge in [-0.1, -0.05) is 0 Å². The van der Waals surface area contributed by atoms with E-state index in [-0.39, 0.29) is 0 Å². The van der Waals surface area contributed by atoms with Crippen LogP contribution in [0.3, 0.4) is 0 Å². The van der Waals surface area contributed by atoms with Crippen LogP contribution in [0.2, 0.25) is 4.82 Å². The van der Waals surface area contributed by atoms with Crippen LogP contribution in [-0.2, 0) is 16.0 Å². The fraction of sp³-hybridized carbons (Fsp3) is 0.200. The van der Waals surface area contributed by atoms with Crippen LogP contribution in [0, 0.1) is 0 Å². The minimum absolute atomic E-state index is 0.435. The molecule has 0 saturated carbocycles. The average molecular weight is 121 g/mol. The number of allylic oxidation sites excluding steroid dienone is 4. The molecule has 0 aromatic carbocycles. The fourth-order valence-electron chi connectivity index (χ4n) is 0.399. The van der Waals surface area contributed by atoms with Crippen molar-refractivity contribution >= 4 is 0 Å². The van der Waals surface area contributed by atoms with E-state index in [1.54, 1.807) is 0 Å². The van der Waals surface area contributed by atoms with Crippen molar-refractivity contribution in [2.45, 2.75) is 4.82 Å². The van der Waals surface area contributed by atoms with E-state index >= 15 is 0 Å². The quantitative estimate of drug-likeness (QED) is 0.425. The van der Waals surface area contributed by atoms with Gasteiger partial charge < -0.3 is 0 Å². The molecule has 0 spiro atoms. The molecular weight excluding hydrogens is 116 g/mol. The molecule has 1 aliphatic carbocycles. The zero-order valence-electron chi connectivity index (χ0n) is 3.24. The van der Waals surface area contributed by atoms with Crippen molar-refractivity contribution < 1.29 is 16.0 Å². The third-order valence-electron chi connectivity index (χ3n) is 0.692. The van der Waals surface area contributed by atoms with E-state index in [9.17, 15) is 0 Å². The van der Waals surface area contributed by atoms with Gasteiger partial charge in [0.25, 0.3) is 0 Å². The maximum atomic E-state index is 3.76. The molecule has 1 aliphatic rings. The molecule has 0 atom stereocenters. The SMILES string of the molecule is [Fe+][CH]1C=CC=C1. The maximum absolute atomic E-state index is 3.76. The Balaban J connectivity index is 2.60. The topological polar surface area (TPSA) is 0 Å². The summed E-state index contributed by atoms with van der Waals surface area (Å²) in [6, 6.07) is 0. The van der Waals surface area contributed by atoms with Crippen LogP contribution in [0.25, 0.3) is 0 Å². The second-order valence-corrected chi connectivity index (χ2v) is 1.93. The summed E-state index contributed by atoms with van der Waals surface area (Å²) >= 11 is 3.76. The van der Waals surface area contributed by atoms with Gasteiger partial charge in [-0.15, -0.1) is 0 Å². The standard InChI is InChI=1S/C5H5.Fe/c1-2-4-5-3-1;/h1-5H;/q;+1. The summed E-state index contributed by atoms with van der Waals surface area (Å²) in [6.45, 7) is 0. The first-order chi connectivity index (χ1) is 2.89. The molecule has 0 bridgehead atoms. The predicted molar refractivity (Wildman–Crippen MR) is 22.0 cm³/mol. The molecule has 0 N–H and O–H groups in total. The van der Waals surface area contributed by atoms with E-state index in [1.807, 2.05) is 12.2 Å². The van der Waals surface area contributed by atoms with Crippen molar-refractivity contribution in [3.05, 3.63) is 24.3 Å². The van der Waals surface area contributed by atoms with Crippen molar-refractivity contribution in [1.29, 1.82) is 0 Å². The molecule has 0 nitrogen and oxygen atoms in total. The molecule has 0 amide bonds. The third kappa shape index (κ3) is 0.734. The molecule has 0 unspecified atom stereocenters. The Morgan fingerprint density at radius 1 is 1.17 bits per heavy atom. The molecule has 0 heterocycles. The zero-order valence-corrected chi connectivity index (χ0v) is 4.34. The van der Waals surface area contributed by atoms with Gasteiger partial charge in [0.15, 0.2) is 0 Å². The molecular formula is C5H5Fe+. The van der Waals surface area contributed by atoms with Gasteiger partial charge >= 0.3 is 45.1 Å². The van der Waals surface area contributed by atoms with Crippen molar-refractivity contribution in [3.8, 4) is 0 Å². The third-order valence-corrected chi connectivity index (χ3v) is 1.12. The fourth-order valence-corrected chi connectivity index (χ4v) is 0.645. The Morgan fingerprint density at radius 2 is 1.67 bits per heavy atom. The Bertz CT molecular complexity index is 80.1. The van der Waals surface area contributed by atoms with Crippen molar-refractivity contribution in [1.82, 2.24) is 0 Å². The van der Waals surface area contributed by atoms with Crippen LogP contribution >= 0.6 is 0 Å². The molecule has 1 heteroatoms. The van der Waals surface area contributed by atoms with Gasteiger partial charge in [-0.3, -0.25) is 0 Å². The molecule has 32 valence electrons. The Hall–Kier alpha value is -0.000519. The monoisotopic (exact) mass is 121 g/mol. The van der Waals surface area contributed by atoms with Gasteiger partial charge in [-0.05, 0) is 0 Å². The summed E-state index contributed by atoms with van der Waals surface area (Å²) in [4.78, 5) is 0.435. The molecule has 0 saturated heterocycles. The van der Waals surface area contributed by atoms with Gasteiger partial charge in [-0.25, -0.2) is 0 Å². The summed E-state index contributed by atoms with van der Waals surface area (Å²) in [7, 11) is 0. The van der Waals surface area contributed by atoms with E-state index in [2.05, 4.69) is 28.2 Å². The molecule has 0 aliphatic heterocycles.